The van der Waals surface area contributed by atoms with Crippen molar-refractivity contribution < 1.29 is 23.9 Å². The van der Waals surface area contributed by atoms with Crippen molar-refractivity contribution in [1.29, 1.82) is 0 Å². The predicted molar refractivity (Wildman–Crippen MR) is 172 cm³/mol. The third-order valence-corrected chi connectivity index (χ3v) is 11.6. The van der Waals surface area contributed by atoms with Gasteiger partial charge >= 0.3 is 5.97 Å². The van der Waals surface area contributed by atoms with E-state index in [4.69, 9.17) is 9.47 Å². The van der Waals surface area contributed by atoms with Crippen LogP contribution < -0.4 is 0 Å². The lowest BCUT2D eigenvalue weighted by atomic mass is 9.47. The van der Waals surface area contributed by atoms with Crippen molar-refractivity contribution in [2.75, 3.05) is 13.2 Å². The largest absolute Gasteiger partial charge is 0.466 e. The molecular weight excluding hydrogens is 564 g/mol. The summed E-state index contributed by atoms with van der Waals surface area (Å²) in [6, 6.07) is 13.9. The van der Waals surface area contributed by atoms with Crippen LogP contribution in [0.1, 0.15) is 82.8 Å². The lowest BCUT2D eigenvalue weighted by molar-refractivity contribution is -0.153. The number of fused-ring (bicyclic) bond motifs is 5. The van der Waals surface area contributed by atoms with Crippen LogP contribution in [0.25, 0.3) is 5.57 Å². The lowest BCUT2D eigenvalue weighted by Gasteiger charge is -2.57. The van der Waals surface area contributed by atoms with Crippen LogP contribution in [0, 0.1) is 28.6 Å². The van der Waals surface area contributed by atoms with Crippen LogP contribution in [0.2, 0.25) is 0 Å². The Bertz CT molecular complexity index is 1440. The van der Waals surface area contributed by atoms with Gasteiger partial charge < -0.3 is 14.4 Å². The fraction of sp³-hybridized carbons (Fsp3) is 0.526. The van der Waals surface area contributed by atoms with Crippen LogP contribution in [0.3, 0.4) is 0 Å². The van der Waals surface area contributed by atoms with E-state index in [1.54, 1.807) is 4.90 Å². The van der Waals surface area contributed by atoms with Gasteiger partial charge in [-0.15, -0.1) is 0 Å². The Morgan fingerprint density at radius 2 is 1.80 bits per heavy atom. The summed E-state index contributed by atoms with van der Waals surface area (Å²) in [6.07, 6.45) is 16.2. The molecule has 6 atom stereocenters. The van der Waals surface area contributed by atoms with Gasteiger partial charge in [0.05, 0.1) is 13.0 Å². The van der Waals surface area contributed by atoms with Gasteiger partial charge in [-0.1, -0.05) is 68.0 Å². The van der Waals surface area contributed by atoms with Crippen LogP contribution in [-0.4, -0.2) is 47.5 Å². The molecule has 1 amide bonds. The van der Waals surface area contributed by atoms with E-state index in [1.165, 1.54) is 29.6 Å². The van der Waals surface area contributed by atoms with Crippen molar-refractivity contribution in [2.45, 2.75) is 84.3 Å². The molecule has 45 heavy (non-hydrogen) atoms. The molecule has 0 radical (unpaired) electrons. The van der Waals surface area contributed by atoms with Gasteiger partial charge in [0.25, 0.3) is 6.47 Å². The molecule has 0 bridgehead atoms. The summed E-state index contributed by atoms with van der Waals surface area (Å²) in [5.41, 5.74) is 5.57. The van der Waals surface area contributed by atoms with Crippen molar-refractivity contribution >= 4 is 23.9 Å². The van der Waals surface area contributed by atoms with Crippen molar-refractivity contribution in [2.24, 2.45) is 28.6 Å². The first-order chi connectivity index (χ1) is 21.8. The number of hydrogen-bond acceptors (Lipinski definition) is 6. The number of esters is 1. The lowest BCUT2D eigenvalue weighted by Crippen LogP contribution is -2.50. The Morgan fingerprint density at radius 1 is 0.978 bits per heavy atom. The number of aromatic nitrogens is 1. The molecule has 1 aromatic heterocycles. The van der Waals surface area contributed by atoms with E-state index in [0.29, 0.717) is 30.8 Å². The molecule has 4 aliphatic carbocycles. The molecule has 2 saturated carbocycles. The van der Waals surface area contributed by atoms with E-state index in [-0.39, 0.29) is 54.8 Å². The summed E-state index contributed by atoms with van der Waals surface area (Å²) in [5.74, 6) is 1.51. The molecule has 1 heterocycles. The number of amides is 1. The van der Waals surface area contributed by atoms with Gasteiger partial charge in [-0.25, -0.2) is 0 Å². The SMILES string of the molecule is C[C@]12CC[C@H](OC(=O)CCC(=O)N(CCOC=O)Cc3ccccc3)CC1=CC[C@@H]1[C@@H]2CC[C@]2(C)C(c3cccnc3)=CC[C@@H]12. The highest BCUT2D eigenvalue weighted by Crippen LogP contribution is 2.66. The second kappa shape index (κ2) is 13.3. The Morgan fingerprint density at radius 3 is 2.58 bits per heavy atom. The molecule has 1 aromatic carbocycles. The van der Waals surface area contributed by atoms with E-state index in [0.717, 1.165) is 37.7 Å². The molecule has 2 fully saturated rings. The average molecular weight is 611 g/mol. The third kappa shape index (κ3) is 6.36. The summed E-state index contributed by atoms with van der Waals surface area (Å²) in [4.78, 5) is 42.7. The molecule has 0 spiro atoms. The zero-order chi connectivity index (χ0) is 31.4. The summed E-state index contributed by atoms with van der Waals surface area (Å²) in [6.45, 7) is 6.13. The molecule has 0 unspecified atom stereocenters. The Kier molecular flexibility index (Phi) is 9.25. The monoisotopic (exact) mass is 610 g/mol. The van der Waals surface area contributed by atoms with Crippen LogP contribution in [0.4, 0.5) is 0 Å². The minimum atomic E-state index is -0.316. The molecule has 6 rings (SSSR count). The Labute approximate surface area is 267 Å². The number of rotatable bonds is 11. The number of carbonyl (C=O) groups excluding carboxylic acids is 3. The van der Waals surface area contributed by atoms with Crippen LogP contribution in [-0.2, 0) is 30.4 Å². The Hall–Kier alpha value is -3.74. The van der Waals surface area contributed by atoms with Crippen LogP contribution >= 0.6 is 0 Å². The van der Waals surface area contributed by atoms with Crippen molar-refractivity contribution in [3.05, 3.63) is 83.7 Å². The van der Waals surface area contributed by atoms with E-state index in [2.05, 4.69) is 37.0 Å². The fourth-order valence-corrected chi connectivity index (χ4v) is 9.18. The highest BCUT2D eigenvalue weighted by molar-refractivity contribution is 5.81. The first kappa shape index (κ1) is 31.3. The quantitative estimate of drug-likeness (QED) is 0.119. The number of carbonyl (C=O) groups is 3. The number of ether oxygens (including phenoxy) is 2. The van der Waals surface area contributed by atoms with Crippen molar-refractivity contribution in [3.63, 3.8) is 0 Å². The summed E-state index contributed by atoms with van der Waals surface area (Å²) >= 11 is 0. The highest BCUT2D eigenvalue weighted by Gasteiger charge is 2.57. The smallest absolute Gasteiger partial charge is 0.306 e. The minimum absolute atomic E-state index is 0.0444. The van der Waals surface area contributed by atoms with E-state index >= 15 is 0 Å². The van der Waals surface area contributed by atoms with Gasteiger partial charge in [0.2, 0.25) is 5.91 Å². The maximum Gasteiger partial charge on any atom is 0.306 e. The second-order valence-corrected chi connectivity index (χ2v) is 13.9. The number of pyridine rings is 1. The number of nitrogens with zero attached hydrogens (tertiary/aromatic N) is 2. The van der Waals surface area contributed by atoms with Gasteiger partial charge in [0, 0.05) is 31.8 Å². The van der Waals surface area contributed by atoms with Crippen molar-refractivity contribution in [1.82, 2.24) is 9.88 Å². The molecule has 2 aromatic rings. The minimum Gasteiger partial charge on any atom is -0.466 e. The standard InChI is InChI=1S/C38H46N2O5/c1-37-18-16-30(45-36(43)15-14-35(42)40(21-22-44-26-41)25-27-7-4-3-5-8-27)23-29(37)10-11-31-33-13-12-32(28-9-6-20-39-24-28)38(33,2)19-17-34(31)37/h3-10,12,20,24,26,30-31,33-34H,11,13-19,21-23,25H2,1-2H3/t30-,31-,33-,34-,37-,38+/m0/s1. The van der Waals surface area contributed by atoms with Crippen LogP contribution in [0.5, 0.6) is 0 Å². The molecule has 0 N–H and O–H groups in total. The summed E-state index contributed by atoms with van der Waals surface area (Å²) < 4.78 is 10.8. The molecule has 7 nitrogen and oxygen atoms in total. The van der Waals surface area contributed by atoms with Gasteiger partial charge in [0.1, 0.15) is 12.7 Å². The summed E-state index contributed by atoms with van der Waals surface area (Å²) in [5, 5.41) is 0. The topological polar surface area (TPSA) is 85.8 Å². The second-order valence-electron chi connectivity index (χ2n) is 13.9. The third-order valence-electron chi connectivity index (χ3n) is 11.6. The first-order valence-electron chi connectivity index (χ1n) is 16.7. The normalized spacial score (nSPS) is 30.1. The van der Waals surface area contributed by atoms with Crippen molar-refractivity contribution in [3.8, 4) is 0 Å². The fourth-order valence-electron chi connectivity index (χ4n) is 9.18. The predicted octanol–water partition coefficient (Wildman–Crippen LogP) is 6.93. The molecule has 0 aliphatic heterocycles. The van der Waals surface area contributed by atoms with Gasteiger partial charge in [-0.2, -0.15) is 0 Å². The zero-order valence-electron chi connectivity index (χ0n) is 26.7. The van der Waals surface area contributed by atoms with Crippen LogP contribution in [0.15, 0.2) is 72.6 Å². The Balaban J connectivity index is 1.04. The molecule has 238 valence electrons. The average Bonchev–Trinajstić information content (AvgIpc) is 3.41. The molecule has 0 saturated heterocycles. The highest BCUT2D eigenvalue weighted by atomic mass is 16.5. The maximum atomic E-state index is 13.1. The van der Waals surface area contributed by atoms with Gasteiger partial charge in [0.15, 0.2) is 0 Å². The molecular formula is C38H46N2O5. The number of hydrogen-bond donors (Lipinski definition) is 0. The zero-order valence-corrected chi connectivity index (χ0v) is 26.7. The number of allylic oxidation sites excluding steroid dienone is 3. The molecule has 4 aliphatic rings. The molecule has 7 heteroatoms. The van der Waals surface area contributed by atoms with Gasteiger partial charge in [-0.3, -0.25) is 19.4 Å². The van der Waals surface area contributed by atoms with E-state index in [1.807, 2.05) is 48.8 Å². The summed E-state index contributed by atoms with van der Waals surface area (Å²) in [7, 11) is 0. The number of benzene rings is 1. The van der Waals surface area contributed by atoms with Gasteiger partial charge in [-0.05, 0) is 89.9 Å². The maximum absolute atomic E-state index is 13.1. The van der Waals surface area contributed by atoms with E-state index < -0.39 is 0 Å². The van der Waals surface area contributed by atoms with E-state index in [9.17, 15) is 14.4 Å². The first-order valence-corrected chi connectivity index (χ1v) is 16.7.